The van der Waals surface area contributed by atoms with Crippen LogP contribution < -0.4 is 10.9 Å². The van der Waals surface area contributed by atoms with Crippen molar-refractivity contribution in [3.8, 4) is 0 Å². The van der Waals surface area contributed by atoms with Crippen LogP contribution in [-0.2, 0) is 18.4 Å². The molecule has 37 heavy (non-hydrogen) atoms. The Hall–Kier alpha value is -4.39. The Morgan fingerprint density at radius 1 is 0.919 bits per heavy atom. The molecule has 0 aliphatic carbocycles. The topological polar surface area (TPSA) is 76.3 Å². The van der Waals surface area contributed by atoms with Crippen LogP contribution in [0, 0.1) is 5.92 Å². The van der Waals surface area contributed by atoms with E-state index in [1.807, 2.05) is 63.7 Å². The molecule has 1 N–H and O–H groups in total. The molecule has 2 aliphatic heterocycles. The summed E-state index contributed by atoms with van der Waals surface area (Å²) in [4.78, 5) is 41.4. The molecule has 2 atom stereocenters. The zero-order valence-corrected chi connectivity index (χ0v) is 20.6. The highest BCUT2D eigenvalue weighted by atomic mass is 16.2. The van der Waals surface area contributed by atoms with Crippen molar-refractivity contribution in [1.29, 1.82) is 0 Å². The molecular weight excluding hydrogens is 464 g/mol. The molecule has 2 aliphatic rings. The lowest BCUT2D eigenvalue weighted by atomic mass is 9.83. The summed E-state index contributed by atoms with van der Waals surface area (Å²) in [5, 5.41) is 3.92. The van der Waals surface area contributed by atoms with Crippen molar-refractivity contribution in [3.05, 3.63) is 112 Å². The van der Waals surface area contributed by atoms with Gasteiger partial charge >= 0.3 is 0 Å². The van der Waals surface area contributed by atoms with Crippen LogP contribution in [0.1, 0.15) is 34.0 Å². The van der Waals surface area contributed by atoms with Crippen molar-refractivity contribution in [1.82, 2.24) is 19.4 Å². The number of nitrogens with one attached hydrogen (secondary N) is 1. The van der Waals surface area contributed by atoms with Crippen LogP contribution >= 0.6 is 0 Å². The minimum atomic E-state index is -0.325. The molecule has 6 rings (SSSR count). The van der Waals surface area contributed by atoms with Crippen LogP contribution in [0.2, 0.25) is 0 Å². The summed E-state index contributed by atoms with van der Waals surface area (Å²) < 4.78 is 3.87. The predicted molar refractivity (Wildman–Crippen MR) is 143 cm³/mol. The van der Waals surface area contributed by atoms with Crippen molar-refractivity contribution >= 4 is 28.8 Å². The van der Waals surface area contributed by atoms with E-state index in [1.165, 1.54) is 0 Å². The fourth-order valence-electron chi connectivity index (χ4n) is 5.81. The molecule has 7 heteroatoms. The molecule has 186 valence electrons. The zero-order chi connectivity index (χ0) is 25.5. The Balaban J connectivity index is 1.36. The molecule has 4 heterocycles. The van der Waals surface area contributed by atoms with Crippen molar-refractivity contribution in [2.75, 3.05) is 13.1 Å². The Morgan fingerprint density at radius 2 is 1.70 bits per heavy atom. The van der Waals surface area contributed by atoms with Crippen LogP contribution in [0.15, 0.2) is 89.5 Å². The van der Waals surface area contributed by atoms with Crippen LogP contribution in [0.5, 0.6) is 0 Å². The number of benzene rings is 2. The van der Waals surface area contributed by atoms with E-state index in [4.69, 9.17) is 0 Å². The van der Waals surface area contributed by atoms with E-state index in [1.54, 1.807) is 42.5 Å². The molecular formula is C30H28N4O3. The fourth-order valence-corrected chi connectivity index (χ4v) is 5.81. The first-order valence-electron chi connectivity index (χ1n) is 12.6. The van der Waals surface area contributed by atoms with Gasteiger partial charge in [-0.1, -0.05) is 42.5 Å². The fraction of sp³-hybridized carbons (Fsp3) is 0.233. The van der Waals surface area contributed by atoms with E-state index in [-0.39, 0.29) is 34.9 Å². The third-order valence-electron chi connectivity index (χ3n) is 7.51. The Bertz CT molecular complexity index is 1600. The second kappa shape index (κ2) is 9.24. The first-order valence-corrected chi connectivity index (χ1v) is 12.6. The van der Waals surface area contributed by atoms with Crippen LogP contribution in [0.3, 0.4) is 0 Å². The smallest absolute Gasteiger partial charge is 0.270 e. The number of pyridine rings is 1. The first-order chi connectivity index (χ1) is 18.0. The molecule has 0 spiro atoms. The maximum atomic E-state index is 14.0. The number of piperidine rings is 1. The van der Waals surface area contributed by atoms with Crippen LogP contribution in [0.4, 0.5) is 0 Å². The summed E-state index contributed by atoms with van der Waals surface area (Å²) in [6, 6.07) is 22.3. The lowest BCUT2D eigenvalue weighted by Gasteiger charge is -2.43. The highest BCUT2D eigenvalue weighted by Gasteiger charge is 2.37. The molecule has 1 saturated heterocycles. The van der Waals surface area contributed by atoms with E-state index >= 15 is 0 Å². The Kier molecular flexibility index (Phi) is 5.75. The maximum Gasteiger partial charge on any atom is 0.270 e. The lowest BCUT2D eigenvalue weighted by molar-refractivity contribution is -0.130. The minimum absolute atomic E-state index is 0.0126. The van der Waals surface area contributed by atoms with Gasteiger partial charge in [0.15, 0.2) is 0 Å². The van der Waals surface area contributed by atoms with Gasteiger partial charge in [0.1, 0.15) is 5.70 Å². The molecule has 0 saturated carbocycles. The number of amides is 2. The van der Waals surface area contributed by atoms with Gasteiger partial charge in [-0.25, -0.2) is 0 Å². The van der Waals surface area contributed by atoms with Gasteiger partial charge in [0, 0.05) is 72.6 Å². The zero-order valence-electron chi connectivity index (χ0n) is 20.6. The number of carbonyl (C=O) groups is 2. The molecule has 0 unspecified atom stereocenters. The van der Waals surface area contributed by atoms with Gasteiger partial charge in [0.05, 0.1) is 0 Å². The molecule has 1 fully saturated rings. The van der Waals surface area contributed by atoms with E-state index in [0.29, 0.717) is 25.2 Å². The van der Waals surface area contributed by atoms with Gasteiger partial charge in [0.2, 0.25) is 0 Å². The number of likely N-dealkylation sites (tertiary alicyclic amines) is 1. The number of aryl methyl sites for hydroxylation is 1. The van der Waals surface area contributed by atoms with Gasteiger partial charge in [-0.3, -0.25) is 14.4 Å². The number of para-hydroxylation sites is 1. The minimum Gasteiger partial charge on any atom is -0.350 e. The van der Waals surface area contributed by atoms with Crippen LogP contribution in [-0.4, -0.2) is 38.9 Å². The second-order valence-corrected chi connectivity index (χ2v) is 10.00. The van der Waals surface area contributed by atoms with Crippen molar-refractivity contribution < 1.29 is 9.59 Å². The van der Waals surface area contributed by atoms with E-state index in [0.717, 1.165) is 28.6 Å². The quantitative estimate of drug-likeness (QED) is 0.441. The third kappa shape index (κ3) is 4.27. The molecule has 2 amide bonds. The Morgan fingerprint density at radius 3 is 2.54 bits per heavy atom. The number of aromatic nitrogens is 2. The van der Waals surface area contributed by atoms with Crippen LogP contribution in [0.25, 0.3) is 17.0 Å². The van der Waals surface area contributed by atoms with E-state index in [2.05, 4.69) is 5.32 Å². The second-order valence-electron chi connectivity index (χ2n) is 10.00. The first kappa shape index (κ1) is 23.0. The van der Waals surface area contributed by atoms with Crippen molar-refractivity contribution in [2.45, 2.75) is 18.9 Å². The number of rotatable bonds is 4. The summed E-state index contributed by atoms with van der Waals surface area (Å²) in [7, 11) is 1.97. The largest absolute Gasteiger partial charge is 0.350 e. The van der Waals surface area contributed by atoms with E-state index in [9.17, 15) is 14.4 Å². The highest BCUT2D eigenvalue weighted by molar-refractivity contribution is 6.06. The molecule has 2 aromatic heterocycles. The standard InChI is InChI=1S/C30H28N4O3/c1-32-18-22(24-10-5-6-11-27(24)32)15-25(31-29(36)21-8-3-2-4-9-21)30(37)33-16-20-14-23(19-33)26-12-7-13-28(35)34(26)17-20/h2-13,15,18,20,23H,14,16-17,19H2,1H3,(H,31,36)/b25-15-/t20-,23-/m0/s1. The summed E-state index contributed by atoms with van der Waals surface area (Å²) in [5.74, 6) is -0.249. The van der Waals surface area contributed by atoms with Gasteiger partial charge in [-0.05, 0) is 42.7 Å². The average molecular weight is 493 g/mol. The molecule has 2 aromatic carbocycles. The Labute approximate surface area is 214 Å². The third-order valence-corrected chi connectivity index (χ3v) is 7.51. The molecule has 0 radical (unpaired) electrons. The SMILES string of the molecule is Cn1cc(/C=C(\NC(=O)c2ccccc2)C(=O)N2C[C@@H]3C[C@@H](C2)c2cccc(=O)n2C3)c2ccccc21. The van der Waals surface area contributed by atoms with Gasteiger partial charge in [0.25, 0.3) is 17.4 Å². The van der Waals surface area contributed by atoms with Gasteiger partial charge < -0.3 is 19.4 Å². The monoisotopic (exact) mass is 492 g/mol. The number of nitrogens with zero attached hydrogens (tertiary/aromatic N) is 3. The molecule has 7 nitrogen and oxygen atoms in total. The normalized spacial score (nSPS) is 18.9. The predicted octanol–water partition coefficient (Wildman–Crippen LogP) is 3.76. The van der Waals surface area contributed by atoms with Crippen molar-refractivity contribution in [2.24, 2.45) is 13.0 Å². The summed E-state index contributed by atoms with van der Waals surface area (Å²) in [6.45, 7) is 1.66. The maximum absolute atomic E-state index is 14.0. The number of hydrogen-bond acceptors (Lipinski definition) is 3. The van der Waals surface area contributed by atoms with Gasteiger partial charge in [-0.15, -0.1) is 0 Å². The van der Waals surface area contributed by atoms with Crippen molar-refractivity contribution in [3.63, 3.8) is 0 Å². The average Bonchev–Trinajstić information content (AvgIpc) is 3.24. The summed E-state index contributed by atoms with van der Waals surface area (Å²) >= 11 is 0. The molecule has 2 bridgehead atoms. The summed E-state index contributed by atoms with van der Waals surface area (Å²) in [6.07, 6.45) is 4.71. The van der Waals surface area contributed by atoms with Gasteiger partial charge in [-0.2, -0.15) is 0 Å². The summed E-state index contributed by atoms with van der Waals surface area (Å²) in [5.41, 5.74) is 3.64. The highest BCUT2D eigenvalue weighted by Crippen LogP contribution is 2.35. The number of fused-ring (bicyclic) bond motifs is 5. The van der Waals surface area contributed by atoms with E-state index < -0.39 is 0 Å². The molecule has 4 aromatic rings. The number of hydrogen-bond donors (Lipinski definition) is 1. The lowest BCUT2D eigenvalue weighted by Crippen LogP contribution is -2.50. The number of carbonyl (C=O) groups excluding carboxylic acids is 2.